The number of nitrogens with zero attached hydrogens (tertiary/aromatic N) is 1. The highest BCUT2D eigenvalue weighted by Gasteiger charge is 2.39. The maximum Gasteiger partial charge on any atom is 0.246 e. The van der Waals surface area contributed by atoms with E-state index in [0.717, 1.165) is 10.0 Å². The fraction of sp³-hybridized carbons (Fsp3) is 0.467. The molecule has 20 heavy (non-hydrogen) atoms. The predicted molar refractivity (Wildman–Crippen MR) is 81.1 cm³/mol. The van der Waals surface area contributed by atoms with E-state index in [-0.39, 0.29) is 17.9 Å². The smallest absolute Gasteiger partial charge is 0.246 e. The van der Waals surface area contributed by atoms with Gasteiger partial charge in [0, 0.05) is 4.47 Å². The van der Waals surface area contributed by atoms with Crippen molar-refractivity contribution in [2.45, 2.75) is 45.3 Å². The molecule has 1 fully saturated rings. The minimum atomic E-state index is -0.441. The number of rotatable bonds is 3. The largest absolute Gasteiger partial charge is 0.343 e. The van der Waals surface area contributed by atoms with Gasteiger partial charge in [-0.25, -0.2) is 0 Å². The number of piperazine rings is 1. The molecule has 1 aromatic carbocycles. The van der Waals surface area contributed by atoms with E-state index in [2.05, 4.69) is 21.2 Å². The Labute approximate surface area is 127 Å². The zero-order valence-corrected chi connectivity index (χ0v) is 13.5. The van der Waals surface area contributed by atoms with E-state index in [4.69, 9.17) is 0 Å². The van der Waals surface area contributed by atoms with Gasteiger partial charge in [-0.2, -0.15) is 0 Å². The molecule has 0 radical (unpaired) electrons. The molecule has 1 saturated heterocycles. The molecular formula is C15H19BrN2O2. The van der Waals surface area contributed by atoms with Gasteiger partial charge in [0.1, 0.15) is 12.1 Å². The predicted octanol–water partition coefficient (Wildman–Crippen LogP) is 2.64. The summed E-state index contributed by atoms with van der Waals surface area (Å²) in [7, 11) is 0. The molecule has 1 heterocycles. The number of amides is 2. The van der Waals surface area contributed by atoms with Crippen molar-refractivity contribution in [3.8, 4) is 0 Å². The van der Waals surface area contributed by atoms with Gasteiger partial charge in [-0.1, -0.05) is 35.0 Å². The molecule has 108 valence electrons. The van der Waals surface area contributed by atoms with Gasteiger partial charge >= 0.3 is 0 Å². The first-order valence-electron chi connectivity index (χ1n) is 6.83. The SMILES string of the molecule is CCC1NC(=O)C(C)N(C(C)c2ccc(Br)cc2)C1=O. The normalized spacial score (nSPS) is 24.5. The van der Waals surface area contributed by atoms with Crippen LogP contribution in [0, 0.1) is 0 Å². The molecule has 4 nitrogen and oxygen atoms in total. The standard InChI is InChI=1S/C15H19BrN2O2/c1-4-13-15(20)18(10(3)14(19)17-13)9(2)11-5-7-12(16)8-6-11/h5-10,13H,4H2,1-3H3,(H,17,19). The van der Waals surface area contributed by atoms with E-state index in [9.17, 15) is 9.59 Å². The first-order chi connectivity index (χ1) is 9.45. The van der Waals surface area contributed by atoms with Crippen molar-refractivity contribution in [1.82, 2.24) is 10.2 Å². The lowest BCUT2D eigenvalue weighted by Gasteiger charge is -2.41. The van der Waals surface area contributed by atoms with Crippen molar-refractivity contribution in [2.24, 2.45) is 0 Å². The number of carbonyl (C=O) groups is 2. The van der Waals surface area contributed by atoms with Gasteiger partial charge < -0.3 is 10.2 Å². The quantitative estimate of drug-likeness (QED) is 0.920. The zero-order chi connectivity index (χ0) is 14.9. The summed E-state index contributed by atoms with van der Waals surface area (Å²) < 4.78 is 0.996. The molecule has 1 aliphatic heterocycles. The lowest BCUT2D eigenvalue weighted by molar-refractivity contribution is -0.151. The maximum absolute atomic E-state index is 12.5. The van der Waals surface area contributed by atoms with E-state index < -0.39 is 12.1 Å². The van der Waals surface area contributed by atoms with Gasteiger partial charge in [-0.05, 0) is 38.0 Å². The summed E-state index contributed by atoms with van der Waals surface area (Å²) in [6, 6.07) is 6.88. The Morgan fingerprint density at radius 2 is 1.90 bits per heavy atom. The van der Waals surface area contributed by atoms with Crippen LogP contribution in [-0.4, -0.2) is 28.8 Å². The van der Waals surface area contributed by atoms with Gasteiger partial charge in [0.2, 0.25) is 11.8 Å². The summed E-state index contributed by atoms with van der Waals surface area (Å²) in [5.74, 6) is -0.0876. The fourth-order valence-electron chi connectivity index (χ4n) is 2.56. The molecule has 1 aliphatic rings. The molecule has 0 aromatic heterocycles. The average molecular weight is 339 g/mol. The van der Waals surface area contributed by atoms with Crippen molar-refractivity contribution < 1.29 is 9.59 Å². The molecular weight excluding hydrogens is 320 g/mol. The van der Waals surface area contributed by atoms with Gasteiger partial charge in [0.25, 0.3) is 0 Å². The summed E-state index contributed by atoms with van der Waals surface area (Å²) in [5.41, 5.74) is 1.03. The number of carbonyl (C=O) groups excluding carboxylic acids is 2. The highest BCUT2D eigenvalue weighted by molar-refractivity contribution is 9.10. The fourth-order valence-corrected chi connectivity index (χ4v) is 2.82. The topological polar surface area (TPSA) is 49.4 Å². The van der Waals surface area contributed by atoms with Crippen LogP contribution in [-0.2, 0) is 9.59 Å². The number of hydrogen-bond acceptors (Lipinski definition) is 2. The Balaban J connectivity index is 2.30. The summed E-state index contributed by atoms with van der Waals surface area (Å²) >= 11 is 3.40. The monoisotopic (exact) mass is 338 g/mol. The van der Waals surface area contributed by atoms with Crippen molar-refractivity contribution in [3.05, 3.63) is 34.3 Å². The second-order valence-electron chi connectivity index (χ2n) is 5.12. The summed E-state index contributed by atoms with van der Waals surface area (Å²) in [5, 5.41) is 2.77. The number of benzene rings is 1. The summed E-state index contributed by atoms with van der Waals surface area (Å²) in [4.78, 5) is 26.2. The molecule has 0 spiro atoms. The first kappa shape index (κ1) is 15.0. The van der Waals surface area contributed by atoms with Crippen LogP contribution in [0.5, 0.6) is 0 Å². The number of nitrogens with one attached hydrogen (secondary N) is 1. The lowest BCUT2D eigenvalue weighted by Crippen LogP contribution is -2.62. The molecule has 0 saturated carbocycles. The third-order valence-electron chi connectivity index (χ3n) is 3.84. The molecule has 2 amide bonds. The molecule has 1 N–H and O–H groups in total. The lowest BCUT2D eigenvalue weighted by atomic mass is 10.00. The Morgan fingerprint density at radius 3 is 2.45 bits per heavy atom. The van der Waals surface area contributed by atoms with Gasteiger partial charge in [0.15, 0.2) is 0 Å². The zero-order valence-electron chi connectivity index (χ0n) is 11.9. The van der Waals surface area contributed by atoms with Gasteiger partial charge in [-0.3, -0.25) is 9.59 Å². The van der Waals surface area contributed by atoms with E-state index in [1.807, 2.05) is 38.1 Å². The van der Waals surface area contributed by atoms with Crippen molar-refractivity contribution in [2.75, 3.05) is 0 Å². The van der Waals surface area contributed by atoms with Crippen LogP contribution in [0.1, 0.15) is 38.8 Å². The van der Waals surface area contributed by atoms with Crippen LogP contribution in [0.3, 0.4) is 0 Å². The van der Waals surface area contributed by atoms with Crippen molar-refractivity contribution in [3.63, 3.8) is 0 Å². The summed E-state index contributed by atoms with van der Waals surface area (Å²) in [6.45, 7) is 5.64. The Hall–Kier alpha value is -1.36. The molecule has 0 aliphatic carbocycles. The molecule has 5 heteroatoms. The van der Waals surface area contributed by atoms with E-state index in [1.54, 1.807) is 11.8 Å². The molecule has 1 aromatic rings. The Morgan fingerprint density at radius 1 is 1.30 bits per heavy atom. The van der Waals surface area contributed by atoms with Crippen LogP contribution >= 0.6 is 15.9 Å². The molecule has 3 atom stereocenters. The van der Waals surface area contributed by atoms with Crippen LogP contribution in [0.25, 0.3) is 0 Å². The minimum Gasteiger partial charge on any atom is -0.343 e. The van der Waals surface area contributed by atoms with Crippen LogP contribution in [0.4, 0.5) is 0 Å². The highest BCUT2D eigenvalue weighted by atomic mass is 79.9. The average Bonchev–Trinajstić information content (AvgIpc) is 2.43. The Kier molecular flexibility index (Phi) is 4.48. The highest BCUT2D eigenvalue weighted by Crippen LogP contribution is 2.27. The molecule has 0 bridgehead atoms. The Bertz CT molecular complexity index is 515. The second-order valence-corrected chi connectivity index (χ2v) is 6.03. The van der Waals surface area contributed by atoms with Crippen molar-refractivity contribution in [1.29, 1.82) is 0 Å². The van der Waals surface area contributed by atoms with Crippen LogP contribution in [0.2, 0.25) is 0 Å². The molecule has 2 rings (SSSR count). The molecule has 3 unspecified atom stereocenters. The van der Waals surface area contributed by atoms with Crippen molar-refractivity contribution >= 4 is 27.7 Å². The van der Waals surface area contributed by atoms with E-state index in [0.29, 0.717) is 6.42 Å². The second kappa shape index (κ2) is 5.95. The van der Waals surface area contributed by atoms with Crippen LogP contribution < -0.4 is 5.32 Å². The number of hydrogen-bond donors (Lipinski definition) is 1. The first-order valence-corrected chi connectivity index (χ1v) is 7.63. The third-order valence-corrected chi connectivity index (χ3v) is 4.37. The minimum absolute atomic E-state index is 0.00461. The maximum atomic E-state index is 12.5. The number of halogens is 1. The summed E-state index contributed by atoms with van der Waals surface area (Å²) in [6.07, 6.45) is 0.612. The van der Waals surface area contributed by atoms with Crippen LogP contribution in [0.15, 0.2) is 28.7 Å². The van der Waals surface area contributed by atoms with Gasteiger partial charge in [0.05, 0.1) is 6.04 Å². The third kappa shape index (κ3) is 2.73. The van der Waals surface area contributed by atoms with E-state index >= 15 is 0 Å². The van der Waals surface area contributed by atoms with E-state index in [1.165, 1.54) is 0 Å². The van der Waals surface area contributed by atoms with Gasteiger partial charge in [-0.15, -0.1) is 0 Å².